The monoisotopic (exact) mass is 340 g/mol. The van der Waals surface area contributed by atoms with Crippen molar-refractivity contribution in [2.24, 2.45) is 5.92 Å². The van der Waals surface area contributed by atoms with Gasteiger partial charge in [-0.15, -0.1) is 0 Å². The van der Waals surface area contributed by atoms with E-state index in [9.17, 15) is 13.2 Å². The lowest BCUT2D eigenvalue weighted by atomic mass is 10.1. The molecule has 0 spiro atoms. The summed E-state index contributed by atoms with van der Waals surface area (Å²) in [5.41, 5.74) is 0.714. The van der Waals surface area contributed by atoms with E-state index < -0.39 is 10.0 Å². The Balaban J connectivity index is 2.20. The standard InChI is InChI=1S/C16H24N2O4S/c1-3-18(11-13-9-10-22-12-13)16(19)14-7-5-6-8-15(14)17-23(20,21)4-2/h5-8,13,17H,3-4,9-12H2,1-2H3/t13-/m0/s1. The van der Waals surface area contributed by atoms with Gasteiger partial charge in [-0.2, -0.15) is 0 Å². The van der Waals surface area contributed by atoms with E-state index in [1.165, 1.54) is 0 Å². The van der Waals surface area contributed by atoms with Crippen LogP contribution < -0.4 is 4.72 Å². The van der Waals surface area contributed by atoms with Gasteiger partial charge in [0, 0.05) is 25.6 Å². The molecule has 1 heterocycles. The van der Waals surface area contributed by atoms with E-state index >= 15 is 0 Å². The number of hydrogen-bond acceptors (Lipinski definition) is 4. The largest absolute Gasteiger partial charge is 0.381 e. The van der Waals surface area contributed by atoms with Gasteiger partial charge in [0.05, 0.1) is 23.6 Å². The second-order valence-corrected chi connectivity index (χ2v) is 7.64. The van der Waals surface area contributed by atoms with Gasteiger partial charge < -0.3 is 9.64 Å². The van der Waals surface area contributed by atoms with E-state index in [0.717, 1.165) is 13.0 Å². The molecule has 128 valence electrons. The fourth-order valence-corrected chi connectivity index (χ4v) is 3.22. The molecule has 0 unspecified atom stereocenters. The van der Waals surface area contributed by atoms with Gasteiger partial charge in [0.1, 0.15) is 0 Å². The number of para-hydroxylation sites is 1. The third-order valence-corrected chi connectivity index (χ3v) is 5.27. The molecule has 1 aromatic carbocycles. The second kappa shape index (κ2) is 7.79. The molecule has 1 amide bonds. The first-order valence-corrected chi connectivity index (χ1v) is 9.58. The van der Waals surface area contributed by atoms with Crippen molar-refractivity contribution in [3.8, 4) is 0 Å². The third-order valence-electron chi connectivity index (χ3n) is 3.97. The van der Waals surface area contributed by atoms with Crippen molar-refractivity contribution in [2.45, 2.75) is 20.3 Å². The van der Waals surface area contributed by atoms with Crippen LogP contribution in [-0.4, -0.2) is 51.3 Å². The van der Waals surface area contributed by atoms with E-state index in [0.29, 0.717) is 36.9 Å². The molecule has 1 N–H and O–H groups in total. The van der Waals surface area contributed by atoms with Crippen LogP contribution in [0.15, 0.2) is 24.3 Å². The van der Waals surface area contributed by atoms with Crippen LogP contribution in [0.1, 0.15) is 30.6 Å². The SMILES string of the molecule is CCN(C[C@@H]1CCOC1)C(=O)c1ccccc1NS(=O)(=O)CC. The Morgan fingerprint density at radius 2 is 2.09 bits per heavy atom. The van der Waals surface area contributed by atoms with Gasteiger partial charge in [-0.05, 0) is 32.4 Å². The summed E-state index contributed by atoms with van der Waals surface area (Å²) in [6.07, 6.45) is 0.952. The minimum Gasteiger partial charge on any atom is -0.381 e. The number of hydrogen-bond donors (Lipinski definition) is 1. The maximum Gasteiger partial charge on any atom is 0.255 e. The van der Waals surface area contributed by atoms with Crippen molar-refractivity contribution >= 4 is 21.6 Å². The number of rotatable bonds is 7. The van der Waals surface area contributed by atoms with Gasteiger partial charge in [-0.25, -0.2) is 8.42 Å². The zero-order valence-corrected chi connectivity index (χ0v) is 14.4. The van der Waals surface area contributed by atoms with Gasteiger partial charge in [0.25, 0.3) is 5.91 Å². The number of nitrogens with zero attached hydrogens (tertiary/aromatic N) is 1. The highest BCUT2D eigenvalue weighted by Crippen LogP contribution is 2.21. The van der Waals surface area contributed by atoms with Crippen LogP contribution in [0.25, 0.3) is 0 Å². The quantitative estimate of drug-likeness (QED) is 0.823. The Morgan fingerprint density at radius 3 is 2.70 bits per heavy atom. The molecule has 1 aliphatic rings. The molecule has 0 bridgehead atoms. The van der Waals surface area contributed by atoms with Crippen molar-refractivity contribution in [3.63, 3.8) is 0 Å². The number of amides is 1. The van der Waals surface area contributed by atoms with Crippen molar-refractivity contribution in [1.29, 1.82) is 0 Å². The summed E-state index contributed by atoms with van der Waals surface area (Å²) in [6.45, 7) is 6.10. The zero-order valence-electron chi connectivity index (χ0n) is 13.6. The molecule has 1 aromatic rings. The minimum absolute atomic E-state index is 0.0353. The van der Waals surface area contributed by atoms with Crippen LogP contribution in [0, 0.1) is 5.92 Å². The molecule has 23 heavy (non-hydrogen) atoms. The second-order valence-electron chi connectivity index (χ2n) is 5.62. The minimum atomic E-state index is -3.42. The average molecular weight is 340 g/mol. The summed E-state index contributed by atoms with van der Waals surface area (Å²) in [5, 5.41) is 0. The summed E-state index contributed by atoms with van der Waals surface area (Å²) in [4.78, 5) is 14.6. The Labute approximate surface area is 137 Å². The molecular weight excluding hydrogens is 316 g/mol. The van der Waals surface area contributed by atoms with Crippen molar-refractivity contribution in [2.75, 3.05) is 36.8 Å². The first-order chi connectivity index (χ1) is 11.0. The first-order valence-electron chi connectivity index (χ1n) is 7.93. The predicted octanol–water partition coefficient (Wildman–Crippen LogP) is 1.95. The fraction of sp³-hybridized carbons (Fsp3) is 0.562. The van der Waals surface area contributed by atoms with Gasteiger partial charge in [-0.3, -0.25) is 9.52 Å². The van der Waals surface area contributed by atoms with E-state index in [4.69, 9.17) is 4.74 Å². The Kier molecular flexibility index (Phi) is 6.01. The van der Waals surface area contributed by atoms with E-state index in [1.807, 2.05) is 6.92 Å². The van der Waals surface area contributed by atoms with E-state index in [1.54, 1.807) is 36.1 Å². The van der Waals surface area contributed by atoms with Crippen molar-refractivity contribution in [3.05, 3.63) is 29.8 Å². The number of anilines is 1. The lowest BCUT2D eigenvalue weighted by Crippen LogP contribution is -2.36. The van der Waals surface area contributed by atoms with Gasteiger partial charge in [0.2, 0.25) is 10.0 Å². The third kappa shape index (κ3) is 4.68. The van der Waals surface area contributed by atoms with Crippen molar-refractivity contribution < 1.29 is 17.9 Å². The Hall–Kier alpha value is -1.60. The molecule has 1 fully saturated rings. The van der Waals surface area contributed by atoms with E-state index in [-0.39, 0.29) is 11.7 Å². The molecule has 1 atom stereocenters. The number of benzene rings is 1. The van der Waals surface area contributed by atoms with Gasteiger partial charge >= 0.3 is 0 Å². The molecule has 1 aliphatic heterocycles. The van der Waals surface area contributed by atoms with Crippen molar-refractivity contribution in [1.82, 2.24) is 4.90 Å². The maximum absolute atomic E-state index is 12.8. The molecule has 2 rings (SSSR count). The van der Waals surface area contributed by atoms with Gasteiger partial charge in [-0.1, -0.05) is 12.1 Å². The number of nitrogens with one attached hydrogen (secondary N) is 1. The first kappa shape index (κ1) is 17.7. The summed E-state index contributed by atoms with van der Waals surface area (Å²) >= 11 is 0. The van der Waals surface area contributed by atoms with E-state index in [2.05, 4.69) is 4.72 Å². The summed E-state index contributed by atoms with van der Waals surface area (Å²) in [5.74, 6) is 0.152. The van der Waals surface area contributed by atoms with Crippen LogP contribution >= 0.6 is 0 Å². The highest BCUT2D eigenvalue weighted by molar-refractivity contribution is 7.92. The van der Waals surface area contributed by atoms with Gasteiger partial charge in [0.15, 0.2) is 0 Å². The predicted molar refractivity (Wildman–Crippen MR) is 90.0 cm³/mol. The lowest BCUT2D eigenvalue weighted by Gasteiger charge is -2.25. The molecule has 7 heteroatoms. The normalized spacial score (nSPS) is 17.9. The molecule has 0 aliphatic carbocycles. The number of carbonyl (C=O) groups excluding carboxylic acids is 1. The zero-order chi connectivity index (χ0) is 16.9. The van der Waals surface area contributed by atoms with Crippen LogP contribution in [0.5, 0.6) is 0 Å². The molecule has 6 nitrogen and oxygen atoms in total. The fourth-order valence-electron chi connectivity index (χ4n) is 2.56. The van der Waals surface area contributed by atoms with Crippen LogP contribution in [-0.2, 0) is 14.8 Å². The highest BCUT2D eigenvalue weighted by Gasteiger charge is 2.24. The number of ether oxygens (including phenoxy) is 1. The lowest BCUT2D eigenvalue weighted by molar-refractivity contribution is 0.0732. The summed E-state index contributed by atoms with van der Waals surface area (Å²) in [7, 11) is -3.42. The topological polar surface area (TPSA) is 75.7 Å². The van der Waals surface area contributed by atoms with Crippen LogP contribution in [0.2, 0.25) is 0 Å². The Bertz CT molecular complexity index is 639. The summed E-state index contributed by atoms with van der Waals surface area (Å²) in [6, 6.07) is 6.73. The van der Waals surface area contributed by atoms with Crippen LogP contribution in [0.4, 0.5) is 5.69 Å². The molecule has 0 aromatic heterocycles. The molecule has 0 radical (unpaired) electrons. The molecule has 0 saturated carbocycles. The maximum atomic E-state index is 12.8. The smallest absolute Gasteiger partial charge is 0.255 e. The summed E-state index contributed by atoms with van der Waals surface area (Å²) < 4.78 is 31.5. The number of carbonyl (C=O) groups is 1. The highest BCUT2D eigenvalue weighted by atomic mass is 32.2. The average Bonchev–Trinajstić information content (AvgIpc) is 3.05. The molecular formula is C16H24N2O4S. The molecule has 1 saturated heterocycles. The Morgan fingerprint density at radius 1 is 1.35 bits per heavy atom. The number of sulfonamides is 1. The van der Waals surface area contributed by atoms with Crippen LogP contribution in [0.3, 0.4) is 0 Å².